The van der Waals surface area contributed by atoms with Gasteiger partial charge in [-0.2, -0.15) is 0 Å². The van der Waals surface area contributed by atoms with Crippen molar-refractivity contribution in [3.63, 3.8) is 0 Å². The van der Waals surface area contributed by atoms with Crippen LogP contribution in [0.1, 0.15) is 28.8 Å². The summed E-state index contributed by atoms with van der Waals surface area (Å²) in [6, 6.07) is 10.5. The van der Waals surface area contributed by atoms with Gasteiger partial charge in [0, 0.05) is 35.1 Å². The van der Waals surface area contributed by atoms with Crippen molar-refractivity contribution in [3.8, 4) is 11.5 Å². The number of carboxylic acids is 1. The molecule has 0 saturated carbocycles. The molecule has 2 N–H and O–H groups in total. The fourth-order valence-corrected chi connectivity index (χ4v) is 7.50. The van der Waals surface area contributed by atoms with Gasteiger partial charge < -0.3 is 14.9 Å². The van der Waals surface area contributed by atoms with Gasteiger partial charge in [-0.1, -0.05) is 17.7 Å². The van der Waals surface area contributed by atoms with Crippen LogP contribution in [-0.2, 0) is 25.6 Å². The number of halogens is 1. The predicted molar refractivity (Wildman–Crippen MR) is 152 cm³/mol. The predicted octanol–water partition coefficient (Wildman–Crippen LogP) is 4.41. The molecule has 2 heterocycles. The molecule has 10 heteroatoms. The van der Waals surface area contributed by atoms with Gasteiger partial charge in [0.25, 0.3) is 0 Å². The minimum absolute atomic E-state index is 0.0483. The summed E-state index contributed by atoms with van der Waals surface area (Å²) in [5.74, 6) is -4.76. The molecule has 2 aromatic carbocycles. The summed E-state index contributed by atoms with van der Waals surface area (Å²) in [5, 5.41) is 19.5. The van der Waals surface area contributed by atoms with Crippen molar-refractivity contribution >= 4 is 51.0 Å². The van der Waals surface area contributed by atoms with Crippen molar-refractivity contribution in [2.24, 2.45) is 23.7 Å². The van der Waals surface area contributed by atoms with E-state index in [4.69, 9.17) is 4.74 Å². The molecule has 0 spiro atoms. The zero-order valence-electron chi connectivity index (χ0n) is 21.9. The molecule has 3 aliphatic carbocycles. The lowest BCUT2D eigenvalue weighted by Crippen LogP contribution is -2.41. The Labute approximate surface area is 247 Å². The molecular formula is C32H22BrNO8. The summed E-state index contributed by atoms with van der Waals surface area (Å²) >= 11 is 3.22. The third kappa shape index (κ3) is 3.85. The molecule has 0 bridgehead atoms. The highest BCUT2D eigenvalue weighted by Crippen LogP contribution is 2.55. The number of hydrogen-bond acceptors (Lipinski definition) is 7. The highest BCUT2D eigenvalue weighted by molar-refractivity contribution is 9.12. The van der Waals surface area contributed by atoms with Crippen molar-refractivity contribution in [3.05, 3.63) is 98.8 Å². The van der Waals surface area contributed by atoms with Gasteiger partial charge >= 0.3 is 5.97 Å². The van der Waals surface area contributed by atoms with Gasteiger partial charge in [0.1, 0.15) is 11.5 Å². The van der Waals surface area contributed by atoms with Crippen LogP contribution in [0.2, 0.25) is 0 Å². The van der Waals surface area contributed by atoms with Crippen LogP contribution < -0.4 is 9.64 Å². The Morgan fingerprint density at radius 1 is 1.02 bits per heavy atom. The third-order valence-corrected chi connectivity index (χ3v) is 9.42. The molecule has 7 rings (SSSR count). The molecule has 210 valence electrons. The van der Waals surface area contributed by atoms with E-state index >= 15 is 0 Å². The van der Waals surface area contributed by atoms with Crippen LogP contribution in [0.5, 0.6) is 11.5 Å². The van der Waals surface area contributed by atoms with Crippen LogP contribution in [0.25, 0.3) is 0 Å². The monoisotopic (exact) mass is 627 g/mol. The van der Waals surface area contributed by atoms with Crippen LogP contribution in [0.4, 0.5) is 5.69 Å². The number of allylic oxidation sites excluding steroid dienone is 7. The number of phenols is 1. The van der Waals surface area contributed by atoms with Gasteiger partial charge in [-0.25, -0.2) is 4.79 Å². The number of carbonyl (C=O) groups excluding carboxylic acids is 4. The summed E-state index contributed by atoms with van der Waals surface area (Å²) in [4.78, 5) is 67.2. The van der Waals surface area contributed by atoms with Crippen LogP contribution in [0.15, 0.2) is 87.7 Å². The van der Waals surface area contributed by atoms with Crippen LogP contribution in [0.3, 0.4) is 0 Å². The van der Waals surface area contributed by atoms with E-state index in [1.54, 1.807) is 18.4 Å². The number of fused-ring (bicyclic) bond motifs is 4. The molecule has 0 radical (unpaired) electrons. The van der Waals surface area contributed by atoms with Crippen LogP contribution in [0, 0.1) is 23.7 Å². The molecule has 42 heavy (non-hydrogen) atoms. The highest BCUT2D eigenvalue weighted by atomic mass is 79.9. The third-order valence-electron chi connectivity index (χ3n) is 8.83. The van der Waals surface area contributed by atoms with Crippen molar-refractivity contribution in [1.82, 2.24) is 0 Å². The Bertz CT molecular complexity index is 1800. The molecule has 4 atom stereocenters. The van der Waals surface area contributed by atoms with Gasteiger partial charge in [-0.05, 0) is 76.7 Å². The summed E-state index contributed by atoms with van der Waals surface area (Å²) < 4.78 is 6.03. The lowest BCUT2D eigenvalue weighted by atomic mass is 9.59. The van der Waals surface area contributed by atoms with E-state index in [0.29, 0.717) is 34.5 Å². The summed E-state index contributed by atoms with van der Waals surface area (Å²) in [5.41, 5.74) is 2.97. The number of ether oxygens (including phenoxy) is 1. The number of amides is 2. The second-order valence-corrected chi connectivity index (χ2v) is 11.9. The van der Waals surface area contributed by atoms with Gasteiger partial charge in [0.2, 0.25) is 11.8 Å². The number of phenolic OH excluding ortho intramolecular Hbond substituents is 1. The number of nitrogens with zero attached hydrogens (tertiary/aromatic N) is 1. The summed E-state index contributed by atoms with van der Waals surface area (Å²) in [6.07, 6.45) is 5.46. The zero-order valence-corrected chi connectivity index (χ0v) is 23.5. The van der Waals surface area contributed by atoms with Crippen molar-refractivity contribution in [2.45, 2.75) is 19.3 Å². The maximum atomic E-state index is 14.0. The Balaban J connectivity index is 1.32. The second kappa shape index (κ2) is 9.49. The first kappa shape index (κ1) is 26.3. The molecule has 0 aromatic heterocycles. The molecule has 2 aromatic rings. The molecule has 1 saturated heterocycles. The minimum atomic E-state index is -1.18. The Morgan fingerprint density at radius 2 is 1.83 bits per heavy atom. The fourth-order valence-electron chi connectivity index (χ4n) is 7.05. The van der Waals surface area contributed by atoms with Crippen LogP contribution in [-0.4, -0.2) is 39.6 Å². The first-order valence-electron chi connectivity index (χ1n) is 13.4. The van der Waals surface area contributed by atoms with E-state index in [-0.39, 0.29) is 45.9 Å². The standard InChI is InChI=1S/C32H22BrNO8/c33-23-12-24(36)28-22(29(23)37)11-21-19(26(28)16-8-15-10-18(35)4-7-25(15)42-13-16)5-6-20-27(21)31(39)34(30(20)38)17-3-1-2-14(9-17)32(40)41/h1-5,7,9-10,12-13,20-21,26-27,35H,6,8,11H2,(H,40,41). The SMILES string of the molecule is O=C1C=C(Br)C(=O)C2=C1C(C1=COc3ccc(O)cc3C1)C1=CCC3C(=O)N(c4cccc(C(=O)O)c4)C(=O)C3C1C2. The van der Waals surface area contributed by atoms with Crippen LogP contribution >= 0.6 is 15.9 Å². The van der Waals surface area contributed by atoms with E-state index < -0.39 is 41.5 Å². The maximum absolute atomic E-state index is 14.0. The topological polar surface area (TPSA) is 138 Å². The number of imide groups is 1. The number of Topliss-reactive ketones (excluding diaryl/α,β-unsaturated/α-hetero) is 1. The summed E-state index contributed by atoms with van der Waals surface area (Å²) in [6.45, 7) is 0. The molecule has 2 amide bonds. The van der Waals surface area contributed by atoms with E-state index in [2.05, 4.69) is 15.9 Å². The number of hydrogen-bond donors (Lipinski definition) is 2. The second-order valence-electron chi connectivity index (χ2n) is 11.0. The summed E-state index contributed by atoms with van der Waals surface area (Å²) in [7, 11) is 0. The largest absolute Gasteiger partial charge is 0.508 e. The zero-order chi connectivity index (χ0) is 29.4. The first-order valence-corrected chi connectivity index (χ1v) is 14.2. The Kier molecular flexibility index (Phi) is 5.95. The highest BCUT2D eigenvalue weighted by Gasteiger charge is 2.57. The smallest absolute Gasteiger partial charge is 0.335 e. The average Bonchev–Trinajstić information content (AvgIpc) is 3.23. The number of aromatic carboxylic acids is 1. The number of anilines is 1. The molecule has 2 aliphatic heterocycles. The van der Waals surface area contributed by atoms with Crippen molar-refractivity contribution in [2.75, 3.05) is 4.90 Å². The number of benzene rings is 2. The molecule has 9 nitrogen and oxygen atoms in total. The Morgan fingerprint density at radius 3 is 2.62 bits per heavy atom. The number of ketones is 2. The van der Waals surface area contributed by atoms with Crippen molar-refractivity contribution < 1.29 is 38.9 Å². The number of rotatable bonds is 3. The average molecular weight is 628 g/mol. The van der Waals surface area contributed by atoms with Gasteiger partial charge in [0.05, 0.1) is 33.8 Å². The van der Waals surface area contributed by atoms with Gasteiger partial charge in [-0.3, -0.25) is 24.1 Å². The van der Waals surface area contributed by atoms with E-state index in [9.17, 15) is 34.2 Å². The van der Waals surface area contributed by atoms with Gasteiger partial charge in [0.15, 0.2) is 11.6 Å². The Hall–Kier alpha value is -4.57. The molecule has 1 fully saturated rings. The van der Waals surface area contributed by atoms with E-state index in [0.717, 1.165) is 10.5 Å². The van der Waals surface area contributed by atoms with Gasteiger partial charge in [-0.15, -0.1) is 0 Å². The first-order chi connectivity index (χ1) is 20.1. The minimum Gasteiger partial charge on any atom is -0.508 e. The normalized spacial score (nSPS) is 26.4. The number of aromatic hydroxyl groups is 1. The van der Waals surface area contributed by atoms with E-state index in [1.165, 1.54) is 36.4 Å². The lowest BCUT2D eigenvalue weighted by Gasteiger charge is -2.43. The molecular weight excluding hydrogens is 606 g/mol. The quantitative estimate of drug-likeness (QED) is 0.290. The lowest BCUT2D eigenvalue weighted by molar-refractivity contribution is -0.123. The maximum Gasteiger partial charge on any atom is 0.335 e. The number of carboxylic acid groups (broad SMARTS) is 1. The molecule has 5 aliphatic rings. The number of carbonyl (C=O) groups is 5. The van der Waals surface area contributed by atoms with E-state index in [1.807, 2.05) is 6.08 Å². The molecule has 4 unspecified atom stereocenters. The van der Waals surface area contributed by atoms with Crippen molar-refractivity contribution in [1.29, 1.82) is 0 Å². The fraction of sp³-hybridized carbons (Fsp3) is 0.219.